The number of unbranched alkanes of at least 4 members (excludes halogenated alkanes) is 2. The van der Waals surface area contributed by atoms with Crippen LogP contribution in [0, 0.1) is 28.6 Å². The maximum atomic E-state index is 14.1. The number of nitrogens with one attached hydrogen (secondary N) is 6. The van der Waals surface area contributed by atoms with Crippen molar-refractivity contribution in [2.75, 3.05) is 43.4 Å². The van der Waals surface area contributed by atoms with Gasteiger partial charge in [-0.25, -0.2) is 4.79 Å². The van der Waals surface area contributed by atoms with E-state index in [0.717, 1.165) is 28.0 Å². The number of rotatable bonds is 26. The van der Waals surface area contributed by atoms with Gasteiger partial charge in [0.25, 0.3) is 11.8 Å². The number of amides is 8. The van der Waals surface area contributed by atoms with Crippen molar-refractivity contribution >= 4 is 70.4 Å². The van der Waals surface area contributed by atoms with E-state index in [1.807, 2.05) is 43.3 Å². The van der Waals surface area contributed by atoms with Crippen molar-refractivity contribution in [3.8, 4) is 0 Å². The second-order valence-electron chi connectivity index (χ2n) is 24.9. The molecule has 4 aromatic carbocycles. The first-order valence-corrected chi connectivity index (χ1v) is 31.1. The second-order valence-corrected chi connectivity index (χ2v) is 24.9. The first-order valence-electron chi connectivity index (χ1n) is 31.1. The number of anilines is 2. The third-order valence-electron chi connectivity index (χ3n) is 19.1. The molecule has 4 aliphatic carbocycles. The van der Waals surface area contributed by atoms with Gasteiger partial charge in [-0.3, -0.25) is 53.4 Å². The molecule has 0 aromatic heterocycles. The largest absolute Gasteiger partial charge is 0.444 e. The summed E-state index contributed by atoms with van der Waals surface area (Å²) in [5.41, 5.74) is 3.08. The molecule has 23 nitrogen and oxygen atoms in total. The highest BCUT2D eigenvalue weighted by Gasteiger charge is 2.76. The number of imide groups is 1. The fourth-order valence-electron chi connectivity index (χ4n) is 14.5. The first-order chi connectivity index (χ1) is 44.2. The monoisotopic (exact) mass is 1260 g/mol. The van der Waals surface area contributed by atoms with E-state index in [9.17, 15) is 63.3 Å². The van der Waals surface area contributed by atoms with E-state index in [-0.39, 0.29) is 74.4 Å². The Morgan fingerprint density at radius 1 is 0.739 bits per heavy atom. The average Bonchev–Trinajstić information content (AvgIpc) is 1.49. The van der Waals surface area contributed by atoms with Crippen molar-refractivity contribution in [2.45, 2.75) is 121 Å². The lowest BCUT2D eigenvalue weighted by Gasteiger charge is -2.59. The van der Waals surface area contributed by atoms with Gasteiger partial charge < -0.3 is 56.1 Å². The molecule has 23 heteroatoms. The van der Waals surface area contributed by atoms with Gasteiger partial charge in [0, 0.05) is 70.8 Å². The van der Waals surface area contributed by atoms with Crippen molar-refractivity contribution in [1.29, 1.82) is 0 Å². The lowest BCUT2D eigenvalue weighted by atomic mass is 9.46. The van der Waals surface area contributed by atoms with Crippen LogP contribution in [0.2, 0.25) is 0 Å². The molecule has 10 atom stereocenters. The maximum Gasteiger partial charge on any atom is 0.411 e. The number of hydrogen-bond donors (Lipinski definition) is 9. The van der Waals surface area contributed by atoms with E-state index >= 15 is 0 Å². The van der Waals surface area contributed by atoms with E-state index in [1.165, 1.54) is 12.2 Å². The van der Waals surface area contributed by atoms with Gasteiger partial charge >= 0.3 is 6.09 Å². The number of hydrogen-bond acceptors (Lipinski definition) is 16. The minimum Gasteiger partial charge on any atom is -0.444 e. The van der Waals surface area contributed by atoms with Gasteiger partial charge in [0.05, 0.1) is 38.4 Å². The van der Waals surface area contributed by atoms with Crippen molar-refractivity contribution in [1.82, 2.24) is 26.2 Å². The van der Waals surface area contributed by atoms with Crippen LogP contribution in [-0.4, -0.2) is 136 Å². The summed E-state index contributed by atoms with van der Waals surface area (Å²) in [6.07, 6.45) is 8.96. The molecule has 4 aromatic rings. The zero-order valence-electron chi connectivity index (χ0n) is 51.3. The zero-order chi connectivity index (χ0) is 65.3. The molecule has 6 aliphatic rings. The Bertz CT molecular complexity index is 3570. The predicted molar refractivity (Wildman–Crippen MR) is 333 cm³/mol. The molecule has 2 aliphatic heterocycles. The molecule has 2 heterocycles. The Labute approximate surface area is 531 Å². The number of Topliss-reactive ketones (excluding diaryl/α,β-unsaturated/α-hetero) is 1. The van der Waals surface area contributed by atoms with E-state index in [1.54, 1.807) is 78.9 Å². The smallest absolute Gasteiger partial charge is 0.411 e. The molecule has 10 rings (SSSR count). The minimum absolute atomic E-state index is 0.0309. The number of nitrogens with zero attached hydrogens (tertiary/aromatic N) is 1. The highest BCUT2D eigenvalue weighted by atomic mass is 16.7. The van der Waals surface area contributed by atoms with Gasteiger partial charge in [-0.15, -0.1) is 0 Å². The van der Waals surface area contributed by atoms with E-state index in [4.69, 9.17) is 14.2 Å². The van der Waals surface area contributed by atoms with Gasteiger partial charge in [-0.05, 0) is 109 Å². The Morgan fingerprint density at radius 3 is 2.16 bits per heavy atom. The number of aliphatic hydroxyl groups excluding tert-OH is 3. The molecule has 1 saturated heterocycles. The van der Waals surface area contributed by atoms with Crippen LogP contribution >= 0.6 is 0 Å². The Kier molecular flexibility index (Phi) is 20.5. The number of aliphatic hydroxyl groups is 3. The molecule has 484 valence electrons. The highest BCUT2D eigenvalue weighted by Crippen LogP contribution is 2.70. The van der Waals surface area contributed by atoms with Crippen molar-refractivity contribution in [3.05, 3.63) is 166 Å². The summed E-state index contributed by atoms with van der Waals surface area (Å²) in [6, 6.07) is 27.0. The van der Waals surface area contributed by atoms with Crippen LogP contribution in [0.3, 0.4) is 0 Å². The highest BCUT2D eigenvalue weighted by molar-refractivity contribution is 6.12. The summed E-state index contributed by atoms with van der Waals surface area (Å²) in [6.45, 7) is 1.75. The Hall–Kier alpha value is -9.00. The van der Waals surface area contributed by atoms with Crippen LogP contribution in [0.1, 0.15) is 105 Å². The molecular formula is C69H77N7O16. The van der Waals surface area contributed by atoms with Gasteiger partial charge in [0.15, 0.2) is 23.5 Å². The molecule has 0 bridgehead atoms. The van der Waals surface area contributed by atoms with E-state index in [0.29, 0.717) is 72.2 Å². The Morgan fingerprint density at radius 2 is 1.43 bits per heavy atom. The molecule has 0 unspecified atom stereocenters. The van der Waals surface area contributed by atoms with Gasteiger partial charge in [-0.1, -0.05) is 111 Å². The molecule has 0 spiro atoms. The summed E-state index contributed by atoms with van der Waals surface area (Å²) >= 11 is 0. The minimum atomic E-state index is -1.49. The van der Waals surface area contributed by atoms with E-state index < -0.39 is 109 Å². The average molecular weight is 1260 g/mol. The molecule has 3 saturated carbocycles. The number of ether oxygens (including phenoxy) is 3. The van der Waals surface area contributed by atoms with Crippen LogP contribution in [0.25, 0.3) is 0 Å². The molecular weight excluding hydrogens is 1180 g/mol. The summed E-state index contributed by atoms with van der Waals surface area (Å²) < 4.78 is 19.0. The number of ketones is 2. The second kappa shape index (κ2) is 28.7. The van der Waals surface area contributed by atoms with Gasteiger partial charge in [0.2, 0.25) is 29.5 Å². The third-order valence-corrected chi connectivity index (χ3v) is 19.1. The SMILES string of the molecule is C[C@]12C=CC(=O)C=C1CC[C@@H]1[C@@H]2[C@@H](O)C[C@@]2(C)[C@H]1C[C@H]1O[C@@H](c3ccc(Cc4ccc(CO)c(NC(=O)OCc5ccc(NC(=O)CNC(=O)[C@H](Cc6ccccc6)NC(=O)CNC(=O)CNC(=O)CCCCCN6C(=O)C=CC6=O)cc5)c4)cc3)O[C@]12C(=O)CO. The zero-order valence-corrected chi connectivity index (χ0v) is 51.3. The summed E-state index contributed by atoms with van der Waals surface area (Å²) in [5, 5.41) is 48.1. The normalized spacial score (nSPS) is 25.3. The fraction of sp³-hybridized carbons (Fsp3) is 0.420. The number of carbonyl (C=O) groups is 10. The van der Waals surface area contributed by atoms with Crippen molar-refractivity contribution in [3.63, 3.8) is 0 Å². The van der Waals surface area contributed by atoms with Crippen molar-refractivity contribution < 1.29 is 77.5 Å². The van der Waals surface area contributed by atoms with Crippen LogP contribution < -0.4 is 31.9 Å². The molecule has 9 N–H and O–H groups in total. The first kappa shape index (κ1) is 65.9. The van der Waals surface area contributed by atoms with Gasteiger partial charge in [-0.2, -0.15) is 0 Å². The number of allylic oxidation sites excluding steroid dienone is 4. The lowest BCUT2D eigenvalue weighted by molar-refractivity contribution is -0.201. The Balaban J connectivity index is 0.657. The molecule has 0 radical (unpaired) electrons. The number of benzene rings is 4. The number of fused-ring (bicyclic) bond motifs is 7. The summed E-state index contributed by atoms with van der Waals surface area (Å²) in [4.78, 5) is 128. The quantitative estimate of drug-likeness (QED) is 0.0306. The fourth-order valence-corrected chi connectivity index (χ4v) is 14.5. The van der Waals surface area contributed by atoms with Crippen LogP contribution in [0.4, 0.5) is 16.2 Å². The summed E-state index contributed by atoms with van der Waals surface area (Å²) in [7, 11) is 0. The van der Waals surface area contributed by atoms with Crippen molar-refractivity contribution in [2.24, 2.45) is 28.6 Å². The van der Waals surface area contributed by atoms with Crippen LogP contribution in [0.5, 0.6) is 0 Å². The maximum absolute atomic E-state index is 14.1. The predicted octanol–water partition coefficient (Wildman–Crippen LogP) is 4.62. The molecule has 8 amide bonds. The summed E-state index contributed by atoms with van der Waals surface area (Å²) in [5.74, 6) is -4.38. The molecule has 92 heavy (non-hydrogen) atoms. The van der Waals surface area contributed by atoms with Gasteiger partial charge in [0.1, 0.15) is 19.3 Å². The number of carbonyl (C=O) groups excluding carboxylic acids is 10. The van der Waals surface area contributed by atoms with E-state index in [2.05, 4.69) is 38.8 Å². The van der Waals surface area contributed by atoms with Crippen LogP contribution in [0.15, 0.2) is 133 Å². The lowest BCUT2D eigenvalue weighted by Crippen LogP contribution is -2.63. The topological polar surface area (TPSA) is 335 Å². The standard InChI is InChI=1S/C69H77N7O16/c1-67-27-26-49(79)32-47(67)20-23-50-51-33-56-69(55(81)39-78,68(51,2)34-54(80)63(50)67)92-65(91-56)45-17-12-42(13-18-45)29-44-14-19-46(38-77)52(31-44)75-66(89)90-40-43-15-21-48(22-16-43)73-59(84)37-72-64(88)53(30-41-9-5-3-6-10-41)74-60(85)36-71-58(83)35-70-57(82)11-7-4-8-28-76-61(86)24-25-62(76)87/h3,5-6,9-10,12-19,21-22,24-27,31-32,50-51,53-54,56,63,65,77-78,80H,4,7-8,11,20,23,28-30,33-40H2,1-2H3,(H,70,82)(H,71,83)(H,72,88)(H,73,84)(H,74,85)(H,75,89)/t50-,51-,53-,54-,56+,63+,65+,67-,68-,69+/m0/s1. The van der Waals surface area contributed by atoms with Crippen LogP contribution in [-0.2, 0) is 83.4 Å². The third kappa shape index (κ3) is 14.5. The molecule has 4 fully saturated rings.